The lowest BCUT2D eigenvalue weighted by Crippen LogP contribution is -2.41. The molecule has 1 unspecified atom stereocenters. The summed E-state index contributed by atoms with van der Waals surface area (Å²) in [7, 11) is 0. The number of pyridine rings is 2. The van der Waals surface area contributed by atoms with Crippen LogP contribution in [-0.2, 0) is 0 Å². The highest BCUT2D eigenvalue weighted by Gasteiger charge is 2.49. The molecule has 0 aliphatic heterocycles. The van der Waals surface area contributed by atoms with Gasteiger partial charge >= 0.3 is 0 Å². The van der Waals surface area contributed by atoms with E-state index in [0.29, 0.717) is 18.5 Å². The standard InChI is InChI=1S/C24H21F2N5O2/c25-17-3-4-20(30-22(17)15-2-1-13(32)8-18(15)26)23(33)31-21-11-29-6-5-14(21)12-7-19(27)16-10-24(16,28)9-12/h1-6,8,10-12,19,32H,7,9,27-28H2,(H,31,33)/t12-,19+,24?/m0/s1. The van der Waals surface area contributed by atoms with E-state index < -0.39 is 23.1 Å². The van der Waals surface area contributed by atoms with Gasteiger partial charge in [-0.2, -0.15) is 0 Å². The molecule has 0 bridgehead atoms. The molecule has 1 aromatic carbocycles. The molecule has 1 amide bonds. The maximum absolute atomic E-state index is 14.4. The number of benzene rings is 1. The monoisotopic (exact) mass is 449 g/mol. The van der Waals surface area contributed by atoms with Gasteiger partial charge in [0.1, 0.15) is 28.8 Å². The second kappa shape index (κ2) is 7.72. The summed E-state index contributed by atoms with van der Waals surface area (Å²) in [4.78, 5) is 21.1. The minimum absolute atomic E-state index is 0.0219. The second-order valence-electron chi connectivity index (χ2n) is 8.49. The summed E-state index contributed by atoms with van der Waals surface area (Å²) >= 11 is 0. The van der Waals surface area contributed by atoms with Crippen molar-refractivity contribution in [3.05, 3.63) is 83.3 Å². The highest BCUT2D eigenvalue weighted by molar-refractivity contribution is 6.03. The van der Waals surface area contributed by atoms with E-state index in [9.17, 15) is 18.7 Å². The van der Waals surface area contributed by atoms with Crippen molar-refractivity contribution in [2.24, 2.45) is 11.5 Å². The molecular formula is C24H21F2N5O2. The zero-order chi connectivity index (χ0) is 23.3. The predicted molar refractivity (Wildman–Crippen MR) is 118 cm³/mol. The van der Waals surface area contributed by atoms with Gasteiger partial charge in [0.15, 0.2) is 0 Å². The van der Waals surface area contributed by atoms with Crippen LogP contribution < -0.4 is 16.8 Å². The number of rotatable bonds is 4. The number of phenols is 1. The number of halogens is 2. The molecular weight excluding hydrogens is 428 g/mol. The number of phenolic OH excluding ortho intramolecular Hbond substituents is 1. The maximum Gasteiger partial charge on any atom is 0.274 e. The first-order valence-corrected chi connectivity index (χ1v) is 10.4. The number of hydrogen-bond donors (Lipinski definition) is 4. The number of aromatic hydroxyl groups is 1. The second-order valence-corrected chi connectivity index (χ2v) is 8.49. The van der Waals surface area contributed by atoms with Crippen LogP contribution in [-0.4, -0.2) is 32.6 Å². The fraction of sp³-hybridized carbons (Fsp3) is 0.208. The summed E-state index contributed by atoms with van der Waals surface area (Å²) in [6.45, 7) is 0. The molecule has 9 heteroatoms. The summed E-state index contributed by atoms with van der Waals surface area (Å²) in [5, 5.41) is 12.2. The number of nitrogens with two attached hydrogens (primary N) is 2. The normalized spacial score (nSPS) is 23.5. The number of amides is 1. The van der Waals surface area contributed by atoms with Crippen LogP contribution in [0.3, 0.4) is 0 Å². The highest BCUT2D eigenvalue weighted by Crippen LogP contribution is 2.50. The zero-order valence-electron chi connectivity index (χ0n) is 17.4. The molecule has 1 saturated carbocycles. The van der Waals surface area contributed by atoms with Crippen LogP contribution in [0.1, 0.15) is 34.8 Å². The molecule has 33 heavy (non-hydrogen) atoms. The van der Waals surface area contributed by atoms with Crippen LogP contribution in [0.4, 0.5) is 14.5 Å². The lowest BCUT2D eigenvalue weighted by Gasteiger charge is -2.32. The predicted octanol–water partition coefficient (Wildman–Crippen LogP) is 3.22. The van der Waals surface area contributed by atoms with E-state index in [1.165, 1.54) is 24.4 Å². The number of anilines is 1. The Morgan fingerprint density at radius 1 is 1.18 bits per heavy atom. The molecule has 2 aromatic heterocycles. The third-order valence-corrected chi connectivity index (χ3v) is 6.22. The number of nitrogens with zero attached hydrogens (tertiary/aromatic N) is 2. The van der Waals surface area contributed by atoms with Gasteiger partial charge in [-0.3, -0.25) is 9.78 Å². The minimum atomic E-state index is -0.856. The van der Waals surface area contributed by atoms with E-state index in [2.05, 4.69) is 15.3 Å². The lowest BCUT2D eigenvalue weighted by atomic mass is 9.78. The fourth-order valence-electron chi connectivity index (χ4n) is 4.54. The van der Waals surface area contributed by atoms with Crippen LogP contribution in [0.15, 0.2) is 60.4 Å². The first-order chi connectivity index (χ1) is 15.7. The van der Waals surface area contributed by atoms with Crippen molar-refractivity contribution in [3.8, 4) is 17.0 Å². The van der Waals surface area contributed by atoms with E-state index in [0.717, 1.165) is 23.3 Å². The van der Waals surface area contributed by atoms with Crippen molar-refractivity contribution >= 4 is 11.6 Å². The lowest BCUT2D eigenvalue weighted by molar-refractivity contribution is 0.102. The summed E-state index contributed by atoms with van der Waals surface area (Å²) < 4.78 is 28.6. The number of carbonyl (C=O) groups is 1. The topological polar surface area (TPSA) is 127 Å². The van der Waals surface area contributed by atoms with Gasteiger partial charge in [-0.25, -0.2) is 13.8 Å². The number of fused-ring (bicyclic) bond motifs is 1. The zero-order valence-corrected chi connectivity index (χ0v) is 17.4. The molecule has 2 aliphatic rings. The first-order valence-electron chi connectivity index (χ1n) is 10.4. The van der Waals surface area contributed by atoms with Crippen molar-refractivity contribution in [2.75, 3.05) is 5.32 Å². The highest BCUT2D eigenvalue weighted by atomic mass is 19.1. The average Bonchev–Trinajstić information content (AvgIpc) is 3.47. The van der Waals surface area contributed by atoms with Gasteiger partial charge in [-0.15, -0.1) is 0 Å². The molecule has 3 aromatic rings. The van der Waals surface area contributed by atoms with Crippen LogP contribution in [0.25, 0.3) is 11.3 Å². The molecule has 6 N–H and O–H groups in total. The third kappa shape index (κ3) is 3.85. The maximum atomic E-state index is 14.4. The van der Waals surface area contributed by atoms with Gasteiger partial charge in [0.25, 0.3) is 5.91 Å². The Labute approximate surface area is 188 Å². The molecule has 168 valence electrons. The van der Waals surface area contributed by atoms with Gasteiger partial charge in [0.05, 0.1) is 17.4 Å². The number of hydrogen-bond acceptors (Lipinski definition) is 6. The Balaban J connectivity index is 1.42. The summed E-state index contributed by atoms with van der Waals surface area (Å²) in [6.07, 6.45) is 6.53. The Morgan fingerprint density at radius 3 is 2.76 bits per heavy atom. The van der Waals surface area contributed by atoms with Crippen LogP contribution in [0.5, 0.6) is 5.75 Å². The molecule has 5 rings (SSSR count). The van der Waals surface area contributed by atoms with Crippen LogP contribution >= 0.6 is 0 Å². The van der Waals surface area contributed by atoms with Gasteiger partial charge in [0, 0.05) is 23.9 Å². The van der Waals surface area contributed by atoms with Gasteiger partial charge in [0.2, 0.25) is 0 Å². The van der Waals surface area contributed by atoms with E-state index in [1.54, 1.807) is 6.20 Å². The largest absolute Gasteiger partial charge is 0.508 e. The molecule has 2 aliphatic carbocycles. The van der Waals surface area contributed by atoms with E-state index in [4.69, 9.17) is 11.5 Å². The minimum Gasteiger partial charge on any atom is -0.508 e. The smallest absolute Gasteiger partial charge is 0.274 e. The Kier molecular flexibility index (Phi) is 4.95. The van der Waals surface area contributed by atoms with Crippen molar-refractivity contribution < 1.29 is 18.7 Å². The summed E-state index contributed by atoms with van der Waals surface area (Å²) in [6, 6.07) is 7.22. The Morgan fingerprint density at radius 2 is 2.00 bits per heavy atom. The Hall–Kier alpha value is -3.69. The number of aromatic nitrogens is 2. The van der Waals surface area contributed by atoms with E-state index >= 15 is 0 Å². The van der Waals surface area contributed by atoms with Crippen molar-refractivity contribution in [1.82, 2.24) is 9.97 Å². The third-order valence-electron chi connectivity index (χ3n) is 6.22. The van der Waals surface area contributed by atoms with E-state index in [-0.39, 0.29) is 34.7 Å². The molecule has 0 saturated heterocycles. The molecule has 2 heterocycles. The van der Waals surface area contributed by atoms with Crippen molar-refractivity contribution in [2.45, 2.75) is 30.3 Å². The molecule has 3 atom stereocenters. The molecule has 0 spiro atoms. The average molecular weight is 449 g/mol. The fourth-order valence-corrected chi connectivity index (χ4v) is 4.54. The van der Waals surface area contributed by atoms with Crippen LogP contribution in [0, 0.1) is 11.6 Å². The Bertz CT molecular complexity index is 1310. The molecule has 7 nitrogen and oxygen atoms in total. The van der Waals surface area contributed by atoms with Crippen molar-refractivity contribution in [3.63, 3.8) is 0 Å². The van der Waals surface area contributed by atoms with Gasteiger partial charge in [-0.05, 0) is 60.2 Å². The molecule has 0 radical (unpaired) electrons. The summed E-state index contributed by atoms with van der Waals surface area (Å²) in [5.41, 5.74) is 13.9. The quantitative estimate of drug-likeness (QED) is 0.453. The molecule has 1 fully saturated rings. The SMILES string of the molecule is N[C@@H]1C[C@H](c2ccncc2NC(=O)c2ccc(F)c(-c3ccc(O)cc3F)n2)CC2(N)C=C12. The van der Waals surface area contributed by atoms with Crippen molar-refractivity contribution in [1.29, 1.82) is 0 Å². The van der Waals surface area contributed by atoms with Crippen LogP contribution in [0.2, 0.25) is 0 Å². The van der Waals surface area contributed by atoms with Gasteiger partial charge < -0.3 is 21.9 Å². The first kappa shape index (κ1) is 21.2. The van der Waals surface area contributed by atoms with Gasteiger partial charge in [-0.1, -0.05) is 6.08 Å². The number of nitrogens with one attached hydrogen (secondary N) is 1. The van der Waals surface area contributed by atoms with E-state index in [1.807, 2.05) is 12.1 Å². The number of carbonyl (C=O) groups excluding carboxylic acids is 1. The summed E-state index contributed by atoms with van der Waals surface area (Å²) in [5.74, 6) is -2.53.